The Morgan fingerprint density at radius 1 is 1.29 bits per heavy atom. The molecule has 1 aromatic carbocycles. The first kappa shape index (κ1) is 16.0. The number of benzene rings is 1. The Balaban J connectivity index is 2.23. The van der Waals surface area contributed by atoms with E-state index in [4.69, 9.17) is 9.15 Å². The number of hydrogen-bond acceptors (Lipinski definition) is 4. The van der Waals surface area contributed by atoms with E-state index in [0.717, 1.165) is 16.5 Å². The third-order valence-corrected chi connectivity index (χ3v) is 5.11. The molecule has 6 heteroatoms. The summed E-state index contributed by atoms with van der Waals surface area (Å²) in [5.74, 6) is 0.567. The lowest BCUT2D eigenvalue weighted by molar-refractivity contribution is 0.136. The minimum Gasteiger partial charge on any atom is -0.459 e. The summed E-state index contributed by atoms with van der Waals surface area (Å²) in [7, 11) is -1.94. The Morgan fingerprint density at radius 2 is 1.95 bits per heavy atom. The van der Waals surface area contributed by atoms with E-state index in [-0.39, 0.29) is 11.9 Å². The Labute approximate surface area is 125 Å². The summed E-state index contributed by atoms with van der Waals surface area (Å²) in [5, 5.41) is 1.00. The van der Waals surface area contributed by atoms with Crippen molar-refractivity contribution in [3.05, 3.63) is 35.6 Å². The SMILES string of the molecule is CO[C@@H](C)CS(=O)(=O)N[C@@H](C)c1oc2ccccc2c1C. The molecule has 2 rings (SSSR count). The van der Waals surface area contributed by atoms with Crippen molar-refractivity contribution < 1.29 is 17.6 Å². The van der Waals surface area contributed by atoms with Gasteiger partial charge in [-0.3, -0.25) is 0 Å². The molecule has 1 N–H and O–H groups in total. The highest BCUT2D eigenvalue weighted by Gasteiger charge is 2.23. The average Bonchev–Trinajstić information content (AvgIpc) is 2.75. The predicted molar refractivity (Wildman–Crippen MR) is 82.8 cm³/mol. The Bertz CT molecular complexity index is 720. The van der Waals surface area contributed by atoms with Gasteiger partial charge in [0.2, 0.25) is 10.0 Å². The predicted octanol–water partition coefficient (Wildman–Crippen LogP) is 2.76. The van der Waals surface area contributed by atoms with Crippen molar-refractivity contribution in [2.45, 2.75) is 32.9 Å². The molecule has 0 aliphatic heterocycles. The normalized spacial score (nSPS) is 15.2. The third-order valence-electron chi connectivity index (χ3n) is 3.49. The second-order valence-corrected chi connectivity index (χ2v) is 7.05. The molecule has 5 nitrogen and oxygen atoms in total. The van der Waals surface area contributed by atoms with Crippen LogP contribution in [0.25, 0.3) is 11.0 Å². The van der Waals surface area contributed by atoms with E-state index in [9.17, 15) is 8.42 Å². The van der Waals surface area contributed by atoms with Crippen LogP contribution in [0.1, 0.15) is 31.2 Å². The molecule has 2 atom stereocenters. The molecule has 0 saturated heterocycles. The second kappa shape index (κ2) is 6.17. The van der Waals surface area contributed by atoms with Crippen molar-refractivity contribution in [1.82, 2.24) is 4.72 Å². The van der Waals surface area contributed by atoms with Crippen molar-refractivity contribution in [1.29, 1.82) is 0 Å². The monoisotopic (exact) mass is 311 g/mol. The molecule has 21 heavy (non-hydrogen) atoms. The topological polar surface area (TPSA) is 68.5 Å². The number of rotatable bonds is 6. The minimum absolute atomic E-state index is 0.0763. The lowest BCUT2D eigenvalue weighted by atomic mass is 10.1. The highest BCUT2D eigenvalue weighted by atomic mass is 32.2. The lowest BCUT2D eigenvalue weighted by Gasteiger charge is -2.15. The maximum Gasteiger partial charge on any atom is 0.214 e. The van der Waals surface area contributed by atoms with E-state index in [1.807, 2.05) is 31.2 Å². The van der Waals surface area contributed by atoms with Gasteiger partial charge in [-0.1, -0.05) is 18.2 Å². The molecule has 0 radical (unpaired) electrons. The first-order valence-corrected chi connectivity index (χ1v) is 8.50. The first-order valence-electron chi connectivity index (χ1n) is 6.85. The number of sulfonamides is 1. The first-order chi connectivity index (χ1) is 9.84. The molecule has 116 valence electrons. The molecule has 1 heterocycles. The van der Waals surface area contributed by atoms with Crippen molar-refractivity contribution in [3.63, 3.8) is 0 Å². The summed E-state index contributed by atoms with van der Waals surface area (Å²) >= 11 is 0. The number of ether oxygens (including phenoxy) is 1. The van der Waals surface area contributed by atoms with Crippen LogP contribution in [0.5, 0.6) is 0 Å². The summed E-state index contributed by atoms with van der Waals surface area (Å²) in [6.45, 7) is 5.43. The van der Waals surface area contributed by atoms with Crippen LogP contribution in [0.2, 0.25) is 0 Å². The Kier molecular flexibility index (Phi) is 4.70. The van der Waals surface area contributed by atoms with E-state index in [2.05, 4.69) is 4.72 Å². The number of para-hydroxylation sites is 1. The van der Waals surface area contributed by atoms with E-state index in [0.29, 0.717) is 5.76 Å². The fraction of sp³-hybridized carbons (Fsp3) is 0.467. The Hall–Kier alpha value is -1.37. The molecule has 1 aromatic heterocycles. The van der Waals surface area contributed by atoms with Crippen LogP contribution in [-0.4, -0.2) is 27.4 Å². The van der Waals surface area contributed by atoms with E-state index in [1.165, 1.54) is 7.11 Å². The molecule has 0 spiro atoms. The summed E-state index contributed by atoms with van der Waals surface area (Å²) in [4.78, 5) is 0. The van der Waals surface area contributed by atoms with Gasteiger partial charge >= 0.3 is 0 Å². The zero-order chi connectivity index (χ0) is 15.6. The Morgan fingerprint density at radius 3 is 2.57 bits per heavy atom. The maximum absolute atomic E-state index is 12.1. The summed E-state index contributed by atoms with van der Waals surface area (Å²) < 4.78 is 37.6. The zero-order valence-corrected chi connectivity index (χ0v) is 13.5. The van der Waals surface area contributed by atoms with Gasteiger partial charge in [-0.15, -0.1) is 0 Å². The molecule has 0 saturated carbocycles. The van der Waals surface area contributed by atoms with Gasteiger partial charge < -0.3 is 9.15 Å². The molecule has 0 aliphatic carbocycles. The van der Waals surface area contributed by atoms with E-state index < -0.39 is 16.1 Å². The molecule has 0 fully saturated rings. The van der Waals surface area contributed by atoms with Gasteiger partial charge in [0.25, 0.3) is 0 Å². The zero-order valence-electron chi connectivity index (χ0n) is 12.7. The van der Waals surface area contributed by atoms with Gasteiger partial charge in [-0.05, 0) is 26.8 Å². The van der Waals surface area contributed by atoms with Crippen molar-refractivity contribution in [2.75, 3.05) is 12.9 Å². The highest BCUT2D eigenvalue weighted by Crippen LogP contribution is 2.29. The summed E-state index contributed by atoms with van der Waals surface area (Å²) in [6.07, 6.45) is -0.355. The smallest absolute Gasteiger partial charge is 0.214 e. The molecule has 0 bridgehead atoms. The van der Waals surface area contributed by atoms with Crippen LogP contribution in [0, 0.1) is 6.92 Å². The largest absolute Gasteiger partial charge is 0.459 e. The van der Waals surface area contributed by atoms with E-state index in [1.54, 1.807) is 13.8 Å². The summed E-state index contributed by atoms with van der Waals surface area (Å²) in [6, 6.07) is 7.24. The number of hydrogen-bond donors (Lipinski definition) is 1. The number of fused-ring (bicyclic) bond motifs is 1. The van der Waals surface area contributed by atoms with Gasteiger partial charge in [0.05, 0.1) is 17.9 Å². The van der Waals surface area contributed by atoms with Crippen LogP contribution < -0.4 is 4.72 Å². The molecule has 0 amide bonds. The van der Waals surface area contributed by atoms with Gasteiger partial charge in [-0.2, -0.15) is 0 Å². The van der Waals surface area contributed by atoms with Crippen LogP contribution in [0.3, 0.4) is 0 Å². The van der Waals surface area contributed by atoms with Gasteiger partial charge in [0.15, 0.2) is 0 Å². The standard InChI is InChI=1S/C15H21NO4S/c1-10(19-4)9-21(17,18)16-12(3)15-11(2)13-7-5-6-8-14(13)20-15/h5-8,10,12,16H,9H2,1-4H3/t10-,12-/m0/s1. The van der Waals surface area contributed by atoms with Crippen LogP contribution in [-0.2, 0) is 14.8 Å². The fourth-order valence-corrected chi connectivity index (χ4v) is 3.85. The third kappa shape index (κ3) is 3.64. The minimum atomic E-state index is -3.43. The van der Waals surface area contributed by atoms with Gasteiger partial charge in [0, 0.05) is 18.1 Å². The number of methoxy groups -OCH3 is 1. The second-order valence-electron chi connectivity index (χ2n) is 5.25. The summed E-state index contributed by atoms with van der Waals surface area (Å²) in [5.41, 5.74) is 1.72. The van der Waals surface area contributed by atoms with E-state index >= 15 is 0 Å². The van der Waals surface area contributed by atoms with Gasteiger partial charge in [-0.25, -0.2) is 13.1 Å². The quantitative estimate of drug-likeness (QED) is 0.890. The van der Waals surface area contributed by atoms with Gasteiger partial charge in [0.1, 0.15) is 11.3 Å². The van der Waals surface area contributed by atoms with Crippen LogP contribution in [0.4, 0.5) is 0 Å². The molecule has 0 unspecified atom stereocenters. The number of nitrogens with one attached hydrogen (secondary N) is 1. The lowest BCUT2D eigenvalue weighted by Crippen LogP contribution is -2.33. The highest BCUT2D eigenvalue weighted by molar-refractivity contribution is 7.89. The van der Waals surface area contributed by atoms with Crippen molar-refractivity contribution in [2.24, 2.45) is 0 Å². The van der Waals surface area contributed by atoms with Crippen LogP contribution >= 0.6 is 0 Å². The maximum atomic E-state index is 12.1. The molecular weight excluding hydrogens is 290 g/mol. The molecule has 0 aliphatic rings. The molecule has 2 aromatic rings. The molecular formula is C15H21NO4S. The van der Waals surface area contributed by atoms with Crippen molar-refractivity contribution >= 4 is 21.0 Å². The number of furan rings is 1. The van der Waals surface area contributed by atoms with Crippen LogP contribution in [0.15, 0.2) is 28.7 Å². The van der Waals surface area contributed by atoms with Crippen molar-refractivity contribution in [3.8, 4) is 0 Å². The fourth-order valence-electron chi connectivity index (χ4n) is 2.35. The average molecular weight is 311 g/mol. The number of aryl methyl sites for hydroxylation is 1.